The van der Waals surface area contributed by atoms with Crippen LogP contribution in [0.3, 0.4) is 0 Å². The minimum Gasteiger partial charge on any atom is -0.372 e. The van der Waals surface area contributed by atoms with E-state index >= 15 is 0 Å². The Hall–Kier alpha value is -2.89. The second-order valence-corrected chi connectivity index (χ2v) is 6.88. The average molecular weight is 366 g/mol. The van der Waals surface area contributed by atoms with Crippen molar-refractivity contribution in [2.24, 2.45) is 0 Å². The molecule has 1 aliphatic rings. The Kier molecular flexibility index (Phi) is 4.79. The SMILES string of the molecule is CCc1nc2ccc(F)cn2c1C(=O)Nc1ccc(N2CCCCC2)cc1. The van der Waals surface area contributed by atoms with E-state index in [0.29, 0.717) is 29.1 Å². The van der Waals surface area contributed by atoms with Gasteiger partial charge in [0, 0.05) is 30.7 Å². The highest BCUT2D eigenvalue weighted by Gasteiger charge is 2.19. The van der Waals surface area contributed by atoms with Crippen LogP contribution < -0.4 is 10.2 Å². The van der Waals surface area contributed by atoms with E-state index in [0.717, 1.165) is 13.1 Å². The van der Waals surface area contributed by atoms with Crippen LogP contribution >= 0.6 is 0 Å². The summed E-state index contributed by atoms with van der Waals surface area (Å²) in [6.45, 7) is 4.10. The molecule has 2 aromatic heterocycles. The quantitative estimate of drug-likeness (QED) is 0.750. The molecule has 3 heterocycles. The van der Waals surface area contributed by atoms with Crippen molar-refractivity contribution in [3.8, 4) is 0 Å². The first kappa shape index (κ1) is 17.5. The number of pyridine rings is 1. The number of aromatic nitrogens is 2. The van der Waals surface area contributed by atoms with Crippen molar-refractivity contribution >= 4 is 22.9 Å². The number of piperidine rings is 1. The van der Waals surface area contributed by atoms with Gasteiger partial charge in [-0.25, -0.2) is 9.37 Å². The van der Waals surface area contributed by atoms with E-state index < -0.39 is 5.82 Å². The summed E-state index contributed by atoms with van der Waals surface area (Å²) in [5.41, 5.74) is 3.50. The molecule has 1 amide bonds. The van der Waals surface area contributed by atoms with Crippen LogP contribution in [0.25, 0.3) is 5.65 Å². The molecule has 5 nitrogen and oxygen atoms in total. The molecule has 0 unspecified atom stereocenters. The van der Waals surface area contributed by atoms with Gasteiger partial charge in [-0.05, 0) is 62.1 Å². The van der Waals surface area contributed by atoms with E-state index in [1.165, 1.54) is 41.6 Å². The molecule has 140 valence electrons. The van der Waals surface area contributed by atoms with Crippen LogP contribution in [-0.2, 0) is 6.42 Å². The lowest BCUT2D eigenvalue weighted by molar-refractivity contribution is 0.102. The molecule has 0 atom stereocenters. The number of hydrogen-bond donors (Lipinski definition) is 1. The number of carbonyl (C=O) groups excluding carboxylic acids is 1. The second-order valence-electron chi connectivity index (χ2n) is 6.88. The highest BCUT2D eigenvalue weighted by molar-refractivity contribution is 6.04. The van der Waals surface area contributed by atoms with Gasteiger partial charge in [0.2, 0.25) is 0 Å². The second kappa shape index (κ2) is 7.39. The van der Waals surface area contributed by atoms with Crippen LogP contribution in [0.2, 0.25) is 0 Å². The number of halogens is 1. The van der Waals surface area contributed by atoms with E-state index in [2.05, 4.69) is 15.2 Å². The van der Waals surface area contributed by atoms with Gasteiger partial charge < -0.3 is 10.2 Å². The van der Waals surface area contributed by atoms with Gasteiger partial charge in [-0.3, -0.25) is 9.20 Å². The number of rotatable bonds is 4. The molecule has 0 spiro atoms. The molecular weight excluding hydrogens is 343 g/mol. The van der Waals surface area contributed by atoms with E-state index in [4.69, 9.17) is 0 Å². The zero-order chi connectivity index (χ0) is 18.8. The van der Waals surface area contributed by atoms with Crippen LogP contribution in [-0.4, -0.2) is 28.4 Å². The fourth-order valence-corrected chi connectivity index (χ4v) is 3.65. The normalized spacial score (nSPS) is 14.5. The smallest absolute Gasteiger partial charge is 0.274 e. The van der Waals surface area contributed by atoms with Crippen LogP contribution in [0.4, 0.5) is 15.8 Å². The molecule has 6 heteroatoms. The van der Waals surface area contributed by atoms with Gasteiger partial charge >= 0.3 is 0 Å². The molecule has 27 heavy (non-hydrogen) atoms. The molecule has 3 aromatic rings. The minimum atomic E-state index is -0.400. The summed E-state index contributed by atoms with van der Waals surface area (Å²) in [6, 6.07) is 10.8. The number of carbonyl (C=O) groups is 1. The third-order valence-electron chi connectivity index (χ3n) is 5.05. The maximum Gasteiger partial charge on any atom is 0.274 e. The molecule has 0 saturated carbocycles. The standard InChI is InChI=1S/C21H23FN4O/c1-2-18-20(26-14-15(22)6-11-19(26)24-18)21(27)23-16-7-9-17(10-8-16)25-12-4-3-5-13-25/h6-11,14H,2-5,12-13H2,1H3,(H,23,27). The van der Waals surface area contributed by atoms with Gasteiger partial charge in [-0.1, -0.05) is 6.92 Å². The summed E-state index contributed by atoms with van der Waals surface area (Å²) < 4.78 is 15.2. The molecular formula is C21H23FN4O. The van der Waals surface area contributed by atoms with Crippen molar-refractivity contribution in [1.29, 1.82) is 0 Å². The van der Waals surface area contributed by atoms with E-state index in [1.54, 1.807) is 6.07 Å². The van der Waals surface area contributed by atoms with Gasteiger partial charge in [0.05, 0.1) is 5.69 Å². The Morgan fingerprint density at radius 3 is 2.56 bits per heavy atom. The van der Waals surface area contributed by atoms with Gasteiger partial charge in [0.25, 0.3) is 5.91 Å². The zero-order valence-corrected chi connectivity index (χ0v) is 15.4. The molecule has 0 bridgehead atoms. The van der Waals surface area contributed by atoms with Crippen LogP contribution in [0.1, 0.15) is 42.4 Å². The van der Waals surface area contributed by atoms with Gasteiger partial charge in [-0.2, -0.15) is 0 Å². The number of anilines is 2. The number of benzene rings is 1. The molecule has 0 aliphatic carbocycles. The third kappa shape index (κ3) is 3.52. The van der Waals surface area contributed by atoms with Crippen molar-refractivity contribution in [1.82, 2.24) is 9.38 Å². The first-order chi connectivity index (χ1) is 13.2. The summed E-state index contributed by atoms with van der Waals surface area (Å²) in [5, 5.41) is 2.92. The van der Waals surface area contributed by atoms with E-state index in [1.807, 2.05) is 31.2 Å². The van der Waals surface area contributed by atoms with Crippen molar-refractivity contribution in [3.63, 3.8) is 0 Å². The predicted molar refractivity (Wildman–Crippen MR) is 105 cm³/mol. The molecule has 0 radical (unpaired) electrons. The summed E-state index contributed by atoms with van der Waals surface area (Å²) in [6.07, 6.45) is 5.65. The maximum absolute atomic E-state index is 13.7. The number of imidazole rings is 1. The molecule has 1 N–H and O–H groups in total. The molecule has 1 aliphatic heterocycles. The lowest BCUT2D eigenvalue weighted by Crippen LogP contribution is -2.29. The highest BCUT2D eigenvalue weighted by atomic mass is 19.1. The van der Waals surface area contributed by atoms with Crippen molar-refractivity contribution in [2.45, 2.75) is 32.6 Å². The highest BCUT2D eigenvalue weighted by Crippen LogP contribution is 2.23. The number of fused-ring (bicyclic) bond motifs is 1. The van der Waals surface area contributed by atoms with Crippen LogP contribution in [0, 0.1) is 5.82 Å². The molecule has 1 aromatic carbocycles. The predicted octanol–water partition coefficient (Wildman–Crippen LogP) is 4.28. The average Bonchev–Trinajstić information content (AvgIpc) is 3.07. The largest absolute Gasteiger partial charge is 0.372 e. The number of nitrogens with zero attached hydrogens (tertiary/aromatic N) is 3. The number of aryl methyl sites for hydroxylation is 1. The maximum atomic E-state index is 13.7. The molecule has 1 fully saturated rings. The minimum absolute atomic E-state index is 0.282. The van der Waals surface area contributed by atoms with Gasteiger partial charge in [-0.15, -0.1) is 0 Å². The first-order valence-corrected chi connectivity index (χ1v) is 9.48. The van der Waals surface area contributed by atoms with Crippen LogP contribution in [0.5, 0.6) is 0 Å². The summed E-state index contributed by atoms with van der Waals surface area (Å²) in [7, 11) is 0. The fourth-order valence-electron chi connectivity index (χ4n) is 3.65. The Labute approximate surface area is 157 Å². The Morgan fingerprint density at radius 1 is 1.11 bits per heavy atom. The van der Waals surface area contributed by atoms with Gasteiger partial charge in [0.15, 0.2) is 0 Å². The topological polar surface area (TPSA) is 49.6 Å². The monoisotopic (exact) mass is 366 g/mol. The summed E-state index contributed by atoms with van der Waals surface area (Å²) >= 11 is 0. The summed E-state index contributed by atoms with van der Waals surface area (Å²) in [4.78, 5) is 19.7. The lowest BCUT2D eigenvalue weighted by Gasteiger charge is -2.28. The van der Waals surface area contributed by atoms with E-state index in [9.17, 15) is 9.18 Å². The molecule has 4 rings (SSSR count). The lowest BCUT2D eigenvalue weighted by atomic mass is 10.1. The number of nitrogens with one attached hydrogen (secondary N) is 1. The Morgan fingerprint density at radius 2 is 1.85 bits per heavy atom. The fraction of sp³-hybridized carbons (Fsp3) is 0.333. The first-order valence-electron chi connectivity index (χ1n) is 9.48. The third-order valence-corrected chi connectivity index (χ3v) is 5.05. The van der Waals surface area contributed by atoms with Crippen molar-refractivity contribution in [2.75, 3.05) is 23.3 Å². The number of amides is 1. The van der Waals surface area contributed by atoms with E-state index in [-0.39, 0.29) is 5.91 Å². The van der Waals surface area contributed by atoms with Crippen LogP contribution in [0.15, 0.2) is 42.6 Å². The summed E-state index contributed by atoms with van der Waals surface area (Å²) in [5.74, 6) is -0.682. The Bertz CT molecular complexity index is 958. The molecule has 1 saturated heterocycles. The Balaban J connectivity index is 1.57. The van der Waals surface area contributed by atoms with Crippen molar-refractivity contribution < 1.29 is 9.18 Å². The van der Waals surface area contributed by atoms with Gasteiger partial charge in [0.1, 0.15) is 17.2 Å². The van der Waals surface area contributed by atoms with Crippen molar-refractivity contribution in [3.05, 3.63) is 59.8 Å². The number of hydrogen-bond acceptors (Lipinski definition) is 3. The zero-order valence-electron chi connectivity index (χ0n) is 15.4.